The molecule has 2 aromatic carbocycles. The summed E-state index contributed by atoms with van der Waals surface area (Å²) in [5.41, 5.74) is 3.07. The number of hydrogen-bond acceptors (Lipinski definition) is 2. The zero-order chi connectivity index (χ0) is 16.8. The Morgan fingerprint density at radius 1 is 1.08 bits per heavy atom. The van der Waals surface area contributed by atoms with E-state index in [0.717, 1.165) is 23.2 Å². The van der Waals surface area contributed by atoms with Gasteiger partial charge in [0.05, 0.1) is 12.2 Å². The van der Waals surface area contributed by atoms with Crippen LogP contribution in [0.25, 0.3) is 10.8 Å². The SMILES string of the molecule is O=C(O)NCC#Cc1ccc(Cc2nccc3ccccc23)cc1. The number of pyridine rings is 1. The molecule has 0 fully saturated rings. The molecular formula is C20H16N2O2. The van der Waals surface area contributed by atoms with E-state index in [2.05, 4.69) is 34.3 Å². The molecule has 2 N–H and O–H groups in total. The third-order valence-corrected chi connectivity index (χ3v) is 3.64. The van der Waals surface area contributed by atoms with E-state index in [1.54, 1.807) is 0 Å². The highest BCUT2D eigenvalue weighted by molar-refractivity contribution is 5.84. The molecule has 4 nitrogen and oxygen atoms in total. The van der Waals surface area contributed by atoms with Crippen molar-refractivity contribution in [2.24, 2.45) is 0 Å². The quantitative estimate of drug-likeness (QED) is 0.728. The van der Waals surface area contributed by atoms with E-state index < -0.39 is 6.09 Å². The Kier molecular flexibility index (Phi) is 4.73. The van der Waals surface area contributed by atoms with Gasteiger partial charge in [-0.3, -0.25) is 4.98 Å². The van der Waals surface area contributed by atoms with E-state index in [9.17, 15) is 4.79 Å². The minimum absolute atomic E-state index is 0.122. The van der Waals surface area contributed by atoms with Gasteiger partial charge in [0, 0.05) is 23.6 Å². The van der Waals surface area contributed by atoms with Gasteiger partial charge in [0.15, 0.2) is 0 Å². The summed E-state index contributed by atoms with van der Waals surface area (Å²) in [4.78, 5) is 14.8. The molecule has 24 heavy (non-hydrogen) atoms. The van der Waals surface area contributed by atoms with Gasteiger partial charge in [-0.2, -0.15) is 0 Å². The topological polar surface area (TPSA) is 62.2 Å². The van der Waals surface area contributed by atoms with Gasteiger partial charge < -0.3 is 10.4 Å². The zero-order valence-electron chi connectivity index (χ0n) is 13.0. The van der Waals surface area contributed by atoms with Crippen LogP contribution in [0.5, 0.6) is 0 Å². The van der Waals surface area contributed by atoms with Crippen molar-refractivity contribution in [3.05, 3.63) is 77.6 Å². The number of benzene rings is 2. The lowest BCUT2D eigenvalue weighted by Crippen LogP contribution is -2.20. The van der Waals surface area contributed by atoms with Gasteiger partial charge >= 0.3 is 6.09 Å². The second-order valence-corrected chi connectivity index (χ2v) is 5.31. The first-order valence-corrected chi connectivity index (χ1v) is 7.59. The second-order valence-electron chi connectivity index (χ2n) is 5.31. The molecule has 0 radical (unpaired) electrons. The summed E-state index contributed by atoms with van der Waals surface area (Å²) in [6.45, 7) is 0.122. The van der Waals surface area contributed by atoms with Crippen LogP contribution in [0, 0.1) is 11.8 Å². The average Bonchev–Trinajstić information content (AvgIpc) is 2.60. The van der Waals surface area contributed by atoms with Gasteiger partial charge in [0.2, 0.25) is 0 Å². The molecule has 3 aromatic rings. The smallest absolute Gasteiger partial charge is 0.405 e. The van der Waals surface area contributed by atoms with Crippen molar-refractivity contribution in [2.75, 3.05) is 6.54 Å². The number of rotatable bonds is 3. The third-order valence-electron chi connectivity index (χ3n) is 3.64. The first kappa shape index (κ1) is 15.6. The first-order chi connectivity index (χ1) is 11.7. The Labute approximate surface area is 140 Å². The van der Waals surface area contributed by atoms with Crippen molar-refractivity contribution in [1.29, 1.82) is 0 Å². The van der Waals surface area contributed by atoms with Crippen LogP contribution in [0.2, 0.25) is 0 Å². The third kappa shape index (κ3) is 3.90. The fraction of sp³-hybridized carbons (Fsp3) is 0.100. The fourth-order valence-electron chi connectivity index (χ4n) is 2.49. The number of nitrogens with one attached hydrogen (secondary N) is 1. The zero-order valence-corrected chi connectivity index (χ0v) is 13.0. The molecule has 0 aliphatic rings. The Hall–Kier alpha value is -3.32. The van der Waals surface area contributed by atoms with Crippen LogP contribution in [0.15, 0.2) is 60.8 Å². The Morgan fingerprint density at radius 2 is 1.88 bits per heavy atom. The molecule has 3 rings (SSSR count). The van der Waals surface area contributed by atoms with E-state index in [0.29, 0.717) is 0 Å². The molecule has 0 unspecified atom stereocenters. The van der Waals surface area contributed by atoms with Gasteiger partial charge in [0.1, 0.15) is 0 Å². The van der Waals surface area contributed by atoms with Crippen LogP contribution in [0.4, 0.5) is 4.79 Å². The van der Waals surface area contributed by atoms with Gasteiger partial charge in [-0.25, -0.2) is 4.79 Å². The van der Waals surface area contributed by atoms with E-state index in [1.807, 2.05) is 48.7 Å². The molecular weight excluding hydrogens is 300 g/mol. The number of aromatic nitrogens is 1. The molecule has 118 valence electrons. The molecule has 0 atom stereocenters. The summed E-state index contributed by atoms with van der Waals surface area (Å²) in [5.74, 6) is 5.70. The lowest BCUT2D eigenvalue weighted by Gasteiger charge is -2.06. The summed E-state index contributed by atoms with van der Waals surface area (Å²) in [6.07, 6.45) is 1.53. The van der Waals surface area contributed by atoms with Crippen LogP contribution in [0.3, 0.4) is 0 Å². The maximum atomic E-state index is 10.3. The van der Waals surface area contributed by atoms with Crippen LogP contribution in [-0.2, 0) is 6.42 Å². The van der Waals surface area contributed by atoms with E-state index in [1.165, 1.54) is 10.8 Å². The molecule has 0 aliphatic heterocycles. The minimum Gasteiger partial charge on any atom is -0.465 e. The number of carbonyl (C=O) groups is 1. The highest BCUT2D eigenvalue weighted by atomic mass is 16.4. The summed E-state index contributed by atoms with van der Waals surface area (Å²) in [5, 5.41) is 13.0. The van der Waals surface area contributed by atoms with Gasteiger partial charge in [0.25, 0.3) is 0 Å². The average molecular weight is 316 g/mol. The largest absolute Gasteiger partial charge is 0.465 e. The van der Waals surface area contributed by atoms with Crippen LogP contribution in [-0.4, -0.2) is 22.7 Å². The predicted molar refractivity (Wildman–Crippen MR) is 93.9 cm³/mol. The Balaban J connectivity index is 1.73. The number of hydrogen-bond donors (Lipinski definition) is 2. The molecule has 1 aromatic heterocycles. The Bertz CT molecular complexity index is 916. The van der Waals surface area contributed by atoms with Crippen LogP contribution >= 0.6 is 0 Å². The maximum absolute atomic E-state index is 10.3. The lowest BCUT2D eigenvalue weighted by atomic mass is 10.0. The number of carboxylic acid groups (broad SMARTS) is 1. The van der Waals surface area contributed by atoms with Crippen molar-refractivity contribution in [3.63, 3.8) is 0 Å². The monoisotopic (exact) mass is 316 g/mol. The van der Waals surface area contributed by atoms with Gasteiger partial charge in [-0.15, -0.1) is 0 Å². The van der Waals surface area contributed by atoms with Crippen LogP contribution < -0.4 is 5.32 Å². The predicted octanol–water partition coefficient (Wildman–Crippen LogP) is 3.44. The van der Waals surface area contributed by atoms with Gasteiger partial charge in [-0.1, -0.05) is 48.2 Å². The molecule has 1 heterocycles. The second kappa shape index (κ2) is 7.30. The van der Waals surface area contributed by atoms with Gasteiger partial charge in [-0.05, 0) is 29.1 Å². The normalized spacial score (nSPS) is 10.0. The highest BCUT2D eigenvalue weighted by Gasteiger charge is 2.03. The molecule has 0 saturated carbocycles. The minimum atomic E-state index is -1.07. The summed E-state index contributed by atoms with van der Waals surface area (Å²) >= 11 is 0. The molecule has 0 spiro atoms. The van der Waals surface area contributed by atoms with Crippen molar-refractivity contribution in [1.82, 2.24) is 10.3 Å². The Morgan fingerprint density at radius 3 is 2.67 bits per heavy atom. The first-order valence-electron chi connectivity index (χ1n) is 7.59. The van der Waals surface area contributed by atoms with Crippen molar-refractivity contribution in [2.45, 2.75) is 6.42 Å². The van der Waals surface area contributed by atoms with Crippen molar-refractivity contribution >= 4 is 16.9 Å². The van der Waals surface area contributed by atoms with Crippen molar-refractivity contribution in [3.8, 4) is 11.8 Å². The van der Waals surface area contributed by atoms with Crippen molar-refractivity contribution < 1.29 is 9.90 Å². The maximum Gasteiger partial charge on any atom is 0.405 e. The number of nitrogens with zero attached hydrogens (tertiary/aromatic N) is 1. The van der Waals surface area contributed by atoms with E-state index >= 15 is 0 Å². The molecule has 0 aliphatic carbocycles. The number of amides is 1. The molecule has 0 bridgehead atoms. The highest BCUT2D eigenvalue weighted by Crippen LogP contribution is 2.19. The summed E-state index contributed by atoms with van der Waals surface area (Å²) in [6, 6.07) is 18.2. The number of fused-ring (bicyclic) bond motifs is 1. The summed E-state index contributed by atoms with van der Waals surface area (Å²) in [7, 11) is 0. The fourth-order valence-corrected chi connectivity index (χ4v) is 2.49. The molecule has 1 amide bonds. The van der Waals surface area contributed by atoms with E-state index in [-0.39, 0.29) is 6.54 Å². The van der Waals surface area contributed by atoms with Crippen LogP contribution in [0.1, 0.15) is 16.8 Å². The van der Waals surface area contributed by atoms with E-state index in [4.69, 9.17) is 5.11 Å². The lowest BCUT2D eigenvalue weighted by molar-refractivity contribution is 0.196. The molecule has 4 heteroatoms. The summed E-state index contributed by atoms with van der Waals surface area (Å²) < 4.78 is 0. The standard InChI is InChI=1S/C20H16N2O2/c23-20(24)22-12-3-4-15-7-9-16(10-8-15)14-19-18-6-2-1-5-17(18)11-13-21-19/h1-2,5-11,13,22H,12,14H2,(H,23,24). The molecule has 0 saturated heterocycles.